The van der Waals surface area contributed by atoms with Gasteiger partial charge in [0.2, 0.25) is 0 Å². The molecule has 0 spiro atoms. The lowest BCUT2D eigenvalue weighted by Gasteiger charge is -2.33. The van der Waals surface area contributed by atoms with Crippen molar-refractivity contribution in [2.45, 2.75) is 31.8 Å². The molecule has 7 heteroatoms. The van der Waals surface area contributed by atoms with Crippen LogP contribution in [0.5, 0.6) is 5.75 Å². The number of piperidine rings is 1. The molecule has 0 radical (unpaired) electrons. The van der Waals surface area contributed by atoms with Crippen LogP contribution in [0.25, 0.3) is 11.0 Å². The minimum absolute atomic E-state index is 0.253. The van der Waals surface area contributed by atoms with Crippen molar-refractivity contribution >= 4 is 11.0 Å². The van der Waals surface area contributed by atoms with Gasteiger partial charge in [-0.15, -0.1) is 0 Å². The predicted molar refractivity (Wildman–Crippen MR) is 122 cm³/mol. The van der Waals surface area contributed by atoms with Gasteiger partial charge < -0.3 is 9.30 Å². The number of rotatable bonds is 6. The average Bonchev–Trinajstić information content (AvgIpc) is 3.37. The lowest BCUT2D eigenvalue weighted by molar-refractivity contribution is 0.180. The molecule has 0 unspecified atom stereocenters. The van der Waals surface area contributed by atoms with Gasteiger partial charge in [0, 0.05) is 62.5 Å². The zero-order valence-corrected chi connectivity index (χ0v) is 18.5. The van der Waals surface area contributed by atoms with Gasteiger partial charge in [-0.05, 0) is 31.0 Å². The first-order valence-electron chi connectivity index (χ1n) is 11.1. The average molecular weight is 434 g/mol. The third-order valence-corrected chi connectivity index (χ3v) is 6.35. The van der Waals surface area contributed by atoms with Crippen molar-refractivity contribution in [2.75, 3.05) is 20.2 Å². The van der Waals surface area contributed by atoms with Crippen LogP contribution in [-0.2, 0) is 20.0 Å². The molecule has 32 heavy (non-hydrogen) atoms. The van der Waals surface area contributed by atoms with Crippen LogP contribution in [0, 0.1) is 5.82 Å². The first kappa shape index (κ1) is 20.7. The Labute approximate surface area is 187 Å². The highest BCUT2D eigenvalue weighted by molar-refractivity contribution is 5.76. The molecule has 2 aromatic heterocycles. The van der Waals surface area contributed by atoms with Crippen LogP contribution in [0.1, 0.15) is 35.8 Å². The number of imidazole rings is 1. The molecular weight excluding hydrogens is 405 g/mol. The number of aromatic nitrogens is 4. The van der Waals surface area contributed by atoms with E-state index in [2.05, 4.69) is 26.8 Å². The van der Waals surface area contributed by atoms with E-state index < -0.39 is 0 Å². The molecule has 0 saturated carbocycles. The van der Waals surface area contributed by atoms with E-state index >= 15 is 0 Å². The normalized spacial score (nSPS) is 15.5. The van der Waals surface area contributed by atoms with Crippen molar-refractivity contribution in [1.29, 1.82) is 0 Å². The van der Waals surface area contributed by atoms with Gasteiger partial charge in [0.25, 0.3) is 0 Å². The van der Waals surface area contributed by atoms with E-state index in [0.717, 1.165) is 55.1 Å². The number of ether oxygens (including phenoxy) is 1. The van der Waals surface area contributed by atoms with Crippen LogP contribution in [0.15, 0.2) is 54.9 Å². The number of likely N-dealkylation sites (tertiary alicyclic amines) is 1. The highest BCUT2D eigenvalue weighted by Crippen LogP contribution is 2.32. The highest BCUT2D eigenvalue weighted by atomic mass is 19.1. The van der Waals surface area contributed by atoms with Crippen molar-refractivity contribution in [1.82, 2.24) is 24.2 Å². The summed E-state index contributed by atoms with van der Waals surface area (Å²) < 4.78 is 23.7. The number of halogens is 1. The Morgan fingerprint density at radius 2 is 1.94 bits per heavy atom. The van der Waals surface area contributed by atoms with Gasteiger partial charge >= 0.3 is 0 Å². The summed E-state index contributed by atoms with van der Waals surface area (Å²) in [6, 6.07) is 13.3. The molecule has 1 aliphatic heterocycles. The molecule has 166 valence electrons. The lowest BCUT2D eigenvalue weighted by atomic mass is 10.0. The minimum Gasteiger partial charge on any atom is -0.496 e. The Balaban J connectivity index is 1.42. The largest absolute Gasteiger partial charge is 0.496 e. The third kappa shape index (κ3) is 4.12. The molecule has 5 rings (SSSR count). The smallest absolute Gasteiger partial charge is 0.125 e. The van der Waals surface area contributed by atoms with E-state index in [1.165, 1.54) is 17.7 Å². The molecule has 3 heterocycles. The molecule has 0 aliphatic carbocycles. The van der Waals surface area contributed by atoms with Crippen molar-refractivity contribution < 1.29 is 9.13 Å². The number of methoxy groups -OCH3 is 1. The van der Waals surface area contributed by atoms with E-state index in [0.29, 0.717) is 18.0 Å². The summed E-state index contributed by atoms with van der Waals surface area (Å²) in [6.07, 6.45) is 6.73. The van der Waals surface area contributed by atoms with E-state index in [9.17, 15) is 4.39 Å². The van der Waals surface area contributed by atoms with Gasteiger partial charge in [-0.3, -0.25) is 9.58 Å². The van der Waals surface area contributed by atoms with Gasteiger partial charge in [-0.2, -0.15) is 5.10 Å². The van der Waals surface area contributed by atoms with Gasteiger partial charge in [0.05, 0.1) is 24.3 Å². The van der Waals surface area contributed by atoms with Crippen molar-refractivity contribution in [3.63, 3.8) is 0 Å². The van der Waals surface area contributed by atoms with Gasteiger partial charge in [0.15, 0.2) is 0 Å². The van der Waals surface area contributed by atoms with Crippen LogP contribution in [0.2, 0.25) is 0 Å². The summed E-state index contributed by atoms with van der Waals surface area (Å²) in [5.41, 5.74) is 4.04. The Hall–Kier alpha value is -3.19. The second-order valence-electron chi connectivity index (χ2n) is 8.55. The molecule has 0 amide bonds. The first-order chi connectivity index (χ1) is 15.6. The number of hydrogen-bond donors (Lipinski definition) is 0. The summed E-state index contributed by atoms with van der Waals surface area (Å²) in [7, 11) is 3.64. The number of para-hydroxylation sites is 1. The maximum Gasteiger partial charge on any atom is 0.125 e. The predicted octanol–water partition coefficient (Wildman–Crippen LogP) is 4.35. The van der Waals surface area contributed by atoms with E-state index in [-0.39, 0.29) is 5.82 Å². The highest BCUT2D eigenvalue weighted by Gasteiger charge is 2.25. The summed E-state index contributed by atoms with van der Waals surface area (Å²) in [5, 5.41) is 4.28. The van der Waals surface area contributed by atoms with Crippen molar-refractivity contribution in [3.05, 3.63) is 77.6 Å². The molecular formula is C25H28FN5O. The van der Waals surface area contributed by atoms with Crippen LogP contribution >= 0.6 is 0 Å². The maximum atomic E-state index is 13.9. The number of fused-ring (bicyclic) bond motifs is 1. The molecule has 0 bridgehead atoms. The number of benzene rings is 2. The quantitative estimate of drug-likeness (QED) is 0.454. The standard InChI is InChI=1S/C25H28FN5O/c1-29-16-18(15-27-29)17-30-11-9-21(10-12-30)31-23-8-7-20(26)14-22(23)28-25(31)13-19-5-3-4-6-24(19)32-2/h3-8,14-16,21H,9-13,17H2,1-2H3. The van der Waals surface area contributed by atoms with E-state index in [1.54, 1.807) is 7.11 Å². The molecule has 0 atom stereocenters. The fourth-order valence-electron chi connectivity index (χ4n) is 4.82. The van der Waals surface area contributed by atoms with E-state index in [1.807, 2.05) is 42.2 Å². The van der Waals surface area contributed by atoms with Crippen LogP contribution in [0.4, 0.5) is 4.39 Å². The zero-order valence-electron chi connectivity index (χ0n) is 18.5. The molecule has 4 aromatic rings. The van der Waals surface area contributed by atoms with E-state index in [4.69, 9.17) is 9.72 Å². The molecule has 6 nitrogen and oxygen atoms in total. The molecule has 1 fully saturated rings. The Morgan fingerprint density at radius 3 is 2.69 bits per heavy atom. The van der Waals surface area contributed by atoms with Gasteiger partial charge in [-0.25, -0.2) is 9.37 Å². The Morgan fingerprint density at radius 1 is 1.12 bits per heavy atom. The monoisotopic (exact) mass is 433 g/mol. The van der Waals surface area contributed by atoms with Crippen LogP contribution in [0.3, 0.4) is 0 Å². The Bertz CT molecular complexity index is 1220. The molecule has 0 N–H and O–H groups in total. The van der Waals surface area contributed by atoms with Crippen molar-refractivity contribution in [3.8, 4) is 5.75 Å². The first-order valence-corrected chi connectivity index (χ1v) is 11.1. The fourth-order valence-corrected chi connectivity index (χ4v) is 4.82. The van der Waals surface area contributed by atoms with Crippen molar-refractivity contribution in [2.24, 2.45) is 7.05 Å². The topological polar surface area (TPSA) is 48.1 Å². The van der Waals surface area contributed by atoms with Gasteiger partial charge in [-0.1, -0.05) is 18.2 Å². The van der Waals surface area contributed by atoms with Crippen LogP contribution in [-0.4, -0.2) is 44.4 Å². The fraction of sp³-hybridized carbons (Fsp3) is 0.360. The molecule has 1 aliphatic rings. The second kappa shape index (κ2) is 8.74. The maximum absolute atomic E-state index is 13.9. The lowest BCUT2D eigenvalue weighted by Crippen LogP contribution is -2.34. The molecule has 1 saturated heterocycles. The summed E-state index contributed by atoms with van der Waals surface area (Å²) in [6.45, 7) is 2.94. The summed E-state index contributed by atoms with van der Waals surface area (Å²) in [5.74, 6) is 1.56. The van der Waals surface area contributed by atoms with Gasteiger partial charge in [0.1, 0.15) is 17.4 Å². The second-order valence-corrected chi connectivity index (χ2v) is 8.55. The SMILES string of the molecule is COc1ccccc1Cc1nc2cc(F)ccc2n1C1CCN(Cc2cnn(C)c2)CC1. The minimum atomic E-state index is -0.253. The number of nitrogens with zero attached hydrogens (tertiary/aromatic N) is 5. The summed E-state index contributed by atoms with van der Waals surface area (Å²) >= 11 is 0. The third-order valence-electron chi connectivity index (χ3n) is 6.35. The Kier molecular flexibility index (Phi) is 5.66. The number of aryl methyl sites for hydroxylation is 1. The zero-order chi connectivity index (χ0) is 22.1. The molecule has 2 aromatic carbocycles. The summed E-state index contributed by atoms with van der Waals surface area (Å²) in [4.78, 5) is 7.33. The van der Waals surface area contributed by atoms with Crippen LogP contribution < -0.4 is 4.74 Å². The number of hydrogen-bond acceptors (Lipinski definition) is 4.